The van der Waals surface area contributed by atoms with Crippen molar-refractivity contribution < 1.29 is 9.53 Å². The van der Waals surface area contributed by atoms with Crippen molar-refractivity contribution in [2.45, 2.75) is 46.6 Å². The third kappa shape index (κ3) is 8.61. The number of nitrogens with zero attached hydrogens (tertiary/aromatic N) is 3. The maximum Gasteiger partial charge on any atom is 0.234 e. The zero-order valence-corrected chi connectivity index (χ0v) is 19.1. The predicted octanol–water partition coefficient (Wildman–Crippen LogP) is 2.13. The third-order valence-electron chi connectivity index (χ3n) is 4.86. The molecule has 1 aromatic carbocycles. The fourth-order valence-electron chi connectivity index (χ4n) is 3.42. The van der Waals surface area contributed by atoms with Crippen LogP contribution in [-0.2, 0) is 11.2 Å². The van der Waals surface area contributed by atoms with Gasteiger partial charge >= 0.3 is 0 Å². The van der Waals surface area contributed by atoms with E-state index in [2.05, 4.69) is 46.4 Å². The third-order valence-corrected chi connectivity index (χ3v) is 4.86. The Morgan fingerprint density at radius 2 is 1.97 bits per heavy atom. The second-order valence-corrected chi connectivity index (χ2v) is 7.97. The molecule has 1 aliphatic rings. The molecule has 1 aromatic rings. The van der Waals surface area contributed by atoms with Crippen LogP contribution in [0.15, 0.2) is 29.3 Å². The summed E-state index contributed by atoms with van der Waals surface area (Å²) < 4.78 is 5.73. The van der Waals surface area contributed by atoms with Crippen molar-refractivity contribution in [1.29, 1.82) is 0 Å². The molecule has 168 valence electrons. The highest BCUT2D eigenvalue weighted by molar-refractivity contribution is 5.80. The lowest BCUT2D eigenvalue weighted by atomic mass is 10.1. The molecule has 0 unspecified atom stereocenters. The van der Waals surface area contributed by atoms with Crippen molar-refractivity contribution in [3.8, 4) is 5.75 Å². The minimum absolute atomic E-state index is 0.101. The molecular formula is C23H39N5O2. The molecule has 0 spiro atoms. The molecule has 0 aromatic heterocycles. The first kappa shape index (κ1) is 24.0. The van der Waals surface area contributed by atoms with Crippen LogP contribution in [0.3, 0.4) is 0 Å². The van der Waals surface area contributed by atoms with E-state index >= 15 is 0 Å². The van der Waals surface area contributed by atoms with E-state index in [-0.39, 0.29) is 11.9 Å². The summed E-state index contributed by atoms with van der Waals surface area (Å²) in [6.45, 7) is 14.5. The Hall–Kier alpha value is -2.28. The molecule has 1 heterocycles. The summed E-state index contributed by atoms with van der Waals surface area (Å²) in [5.74, 6) is 1.99. The lowest BCUT2D eigenvalue weighted by Gasteiger charge is -2.36. The number of amides is 1. The molecular weight excluding hydrogens is 378 g/mol. The summed E-state index contributed by atoms with van der Waals surface area (Å²) in [5, 5.41) is 6.38. The van der Waals surface area contributed by atoms with Crippen LogP contribution < -0.4 is 15.4 Å². The van der Waals surface area contributed by atoms with Gasteiger partial charge in [0.1, 0.15) is 5.75 Å². The van der Waals surface area contributed by atoms with Crippen LogP contribution in [0.25, 0.3) is 0 Å². The number of nitrogens with one attached hydrogen (secondary N) is 2. The number of aliphatic imine (C=N–C) groups is 1. The lowest BCUT2D eigenvalue weighted by Crippen LogP contribution is -2.54. The van der Waals surface area contributed by atoms with Gasteiger partial charge in [0.15, 0.2) is 5.96 Å². The number of carbonyl (C=O) groups excluding carboxylic acids is 1. The second kappa shape index (κ2) is 13.1. The molecule has 0 bridgehead atoms. The SMILES string of the molecule is CCCOc1cccc(CCN=C(NCC)N2CCN(CC(=O)NC(C)C)CC2)c1. The van der Waals surface area contributed by atoms with Gasteiger partial charge in [-0.25, -0.2) is 0 Å². The van der Waals surface area contributed by atoms with Crippen LogP contribution in [0.1, 0.15) is 39.7 Å². The molecule has 0 aliphatic carbocycles. The van der Waals surface area contributed by atoms with Crippen molar-refractivity contribution in [3.05, 3.63) is 29.8 Å². The van der Waals surface area contributed by atoms with Gasteiger partial charge in [0.25, 0.3) is 0 Å². The minimum Gasteiger partial charge on any atom is -0.494 e. The van der Waals surface area contributed by atoms with Crippen LogP contribution in [0.2, 0.25) is 0 Å². The zero-order valence-electron chi connectivity index (χ0n) is 19.1. The Labute approximate surface area is 181 Å². The predicted molar refractivity (Wildman–Crippen MR) is 123 cm³/mol. The highest BCUT2D eigenvalue weighted by Crippen LogP contribution is 2.14. The van der Waals surface area contributed by atoms with E-state index in [9.17, 15) is 4.79 Å². The number of ether oxygens (including phenoxy) is 1. The van der Waals surface area contributed by atoms with E-state index in [1.54, 1.807) is 0 Å². The summed E-state index contributed by atoms with van der Waals surface area (Å²) in [6.07, 6.45) is 1.89. The van der Waals surface area contributed by atoms with E-state index in [0.29, 0.717) is 6.54 Å². The molecule has 0 radical (unpaired) electrons. The van der Waals surface area contributed by atoms with Gasteiger partial charge in [-0.05, 0) is 51.3 Å². The summed E-state index contributed by atoms with van der Waals surface area (Å²) in [5.41, 5.74) is 1.24. The second-order valence-electron chi connectivity index (χ2n) is 7.97. The highest BCUT2D eigenvalue weighted by Gasteiger charge is 2.21. The van der Waals surface area contributed by atoms with Crippen molar-refractivity contribution in [2.24, 2.45) is 4.99 Å². The molecule has 2 rings (SSSR count). The Bertz CT molecular complexity index is 669. The maximum absolute atomic E-state index is 12.0. The summed E-state index contributed by atoms with van der Waals surface area (Å²) in [6, 6.07) is 8.48. The van der Waals surface area contributed by atoms with Crippen LogP contribution in [0.5, 0.6) is 5.75 Å². The van der Waals surface area contributed by atoms with Crippen molar-refractivity contribution in [2.75, 3.05) is 52.4 Å². The van der Waals surface area contributed by atoms with Crippen molar-refractivity contribution in [1.82, 2.24) is 20.4 Å². The monoisotopic (exact) mass is 417 g/mol. The standard InChI is InChI=1S/C23H39N5O2/c1-5-16-30-21-9-7-8-20(17-21)10-11-25-23(24-6-2)28-14-12-27(13-15-28)18-22(29)26-19(3)4/h7-9,17,19H,5-6,10-16,18H2,1-4H3,(H,24,25)(H,26,29). The fraction of sp³-hybridized carbons (Fsp3) is 0.652. The normalized spacial score (nSPS) is 15.4. The molecule has 2 N–H and O–H groups in total. The quantitative estimate of drug-likeness (QED) is 0.451. The van der Waals surface area contributed by atoms with Gasteiger partial charge in [0.05, 0.1) is 13.2 Å². The largest absolute Gasteiger partial charge is 0.494 e. The molecule has 1 saturated heterocycles. The molecule has 30 heavy (non-hydrogen) atoms. The van der Waals surface area contributed by atoms with Crippen molar-refractivity contribution in [3.63, 3.8) is 0 Å². The van der Waals surface area contributed by atoms with Crippen LogP contribution >= 0.6 is 0 Å². The van der Waals surface area contributed by atoms with Gasteiger partial charge in [-0.2, -0.15) is 0 Å². The average molecular weight is 418 g/mol. The number of guanidine groups is 1. The number of hydrogen-bond donors (Lipinski definition) is 2. The van der Waals surface area contributed by atoms with E-state index < -0.39 is 0 Å². The number of carbonyl (C=O) groups is 1. The molecule has 7 nitrogen and oxygen atoms in total. The Morgan fingerprint density at radius 1 is 1.20 bits per heavy atom. The summed E-state index contributed by atoms with van der Waals surface area (Å²) in [7, 11) is 0. The van der Waals surface area contributed by atoms with Crippen LogP contribution in [0.4, 0.5) is 0 Å². The van der Waals surface area contributed by atoms with E-state index in [0.717, 1.165) is 70.4 Å². The first-order valence-corrected chi connectivity index (χ1v) is 11.3. The first-order chi connectivity index (χ1) is 14.5. The first-order valence-electron chi connectivity index (χ1n) is 11.3. The Morgan fingerprint density at radius 3 is 2.63 bits per heavy atom. The zero-order chi connectivity index (χ0) is 21.8. The number of piperazine rings is 1. The molecule has 1 fully saturated rings. The van der Waals surface area contributed by atoms with Gasteiger partial charge in [-0.3, -0.25) is 14.7 Å². The molecule has 1 amide bonds. The number of hydrogen-bond acceptors (Lipinski definition) is 4. The summed E-state index contributed by atoms with van der Waals surface area (Å²) in [4.78, 5) is 21.3. The number of benzene rings is 1. The van der Waals surface area contributed by atoms with E-state index in [1.807, 2.05) is 26.0 Å². The topological polar surface area (TPSA) is 69.2 Å². The lowest BCUT2D eigenvalue weighted by molar-refractivity contribution is -0.123. The molecule has 7 heteroatoms. The molecule has 1 aliphatic heterocycles. The molecule has 0 saturated carbocycles. The van der Waals surface area contributed by atoms with Crippen molar-refractivity contribution >= 4 is 11.9 Å². The van der Waals surface area contributed by atoms with Gasteiger partial charge in [-0.15, -0.1) is 0 Å². The maximum atomic E-state index is 12.0. The van der Waals surface area contributed by atoms with Crippen LogP contribution in [-0.4, -0.2) is 80.1 Å². The Kier molecular flexibility index (Phi) is 10.5. The Balaban J connectivity index is 1.84. The average Bonchev–Trinajstić information content (AvgIpc) is 2.72. The minimum atomic E-state index is 0.101. The summed E-state index contributed by atoms with van der Waals surface area (Å²) >= 11 is 0. The van der Waals surface area contributed by atoms with E-state index in [1.165, 1.54) is 5.56 Å². The van der Waals surface area contributed by atoms with Gasteiger partial charge in [0.2, 0.25) is 5.91 Å². The van der Waals surface area contributed by atoms with Gasteiger partial charge in [-0.1, -0.05) is 19.1 Å². The fourth-order valence-corrected chi connectivity index (χ4v) is 3.42. The van der Waals surface area contributed by atoms with Gasteiger partial charge < -0.3 is 20.3 Å². The van der Waals surface area contributed by atoms with Gasteiger partial charge in [0, 0.05) is 45.3 Å². The highest BCUT2D eigenvalue weighted by atomic mass is 16.5. The smallest absolute Gasteiger partial charge is 0.234 e. The number of rotatable bonds is 10. The van der Waals surface area contributed by atoms with Crippen LogP contribution in [0, 0.1) is 0 Å². The molecule has 0 atom stereocenters. The van der Waals surface area contributed by atoms with E-state index in [4.69, 9.17) is 9.73 Å².